The number of anilines is 1. The van der Waals surface area contributed by atoms with E-state index in [2.05, 4.69) is 44.7 Å². The van der Waals surface area contributed by atoms with E-state index in [4.69, 9.17) is 0 Å². The molecule has 22 heavy (non-hydrogen) atoms. The van der Waals surface area contributed by atoms with E-state index < -0.39 is 0 Å². The smallest absolute Gasteiger partial charge is 0.138 e. The second kappa shape index (κ2) is 6.87. The van der Waals surface area contributed by atoms with E-state index in [1.807, 2.05) is 18.7 Å². The van der Waals surface area contributed by atoms with Gasteiger partial charge in [0.05, 0.1) is 11.7 Å². The molecule has 5 nitrogen and oxygen atoms in total. The van der Waals surface area contributed by atoms with Gasteiger partial charge >= 0.3 is 0 Å². The van der Waals surface area contributed by atoms with Crippen LogP contribution in [0, 0.1) is 0 Å². The fourth-order valence-electron chi connectivity index (χ4n) is 2.37. The van der Waals surface area contributed by atoms with Crippen LogP contribution in [-0.2, 0) is 19.4 Å². The molecular formula is C16H21N5S. The van der Waals surface area contributed by atoms with E-state index in [0.717, 1.165) is 54.2 Å². The van der Waals surface area contributed by atoms with Gasteiger partial charge < -0.3 is 9.88 Å². The van der Waals surface area contributed by atoms with Gasteiger partial charge in [-0.3, -0.25) is 0 Å². The molecule has 116 valence electrons. The lowest BCUT2D eigenvalue weighted by Gasteiger charge is -2.08. The number of fused-ring (bicyclic) bond motifs is 1. The Hall–Kier alpha value is -1.95. The molecule has 3 heterocycles. The summed E-state index contributed by atoms with van der Waals surface area (Å²) in [5, 5.41) is 4.64. The molecule has 6 heteroatoms. The predicted molar refractivity (Wildman–Crippen MR) is 91.5 cm³/mol. The fraction of sp³-hybridized carbons (Fsp3) is 0.438. The molecule has 0 amide bonds. The Morgan fingerprint density at radius 1 is 1.23 bits per heavy atom. The topological polar surface area (TPSA) is 55.6 Å². The number of imidazole rings is 1. The minimum absolute atomic E-state index is 0.860. The monoisotopic (exact) mass is 315 g/mol. The molecule has 3 aromatic rings. The third-order valence-electron chi connectivity index (χ3n) is 3.60. The first-order valence-electron chi connectivity index (χ1n) is 7.79. The Kier molecular flexibility index (Phi) is 4.68. The molecule has 0 bridgehead atoms. The first-order chi connectivity index (χ1) is 10.8. The maximum absolute atomic E-state index is 4.67. The van der Waals surface area contributed by atoms with Gasteiger partial charge in [-0.25, -0.2) is 15.0 Å². The van der Waals surface area contributed by atoms with E-state index in [1.165, 1.54) is 4.88 Å². The Bertz CT molecular complexity index is 732. The van der Waals surface area contributed by atoms with E-state index in [-0.39, 0.29) is 0 Å². The van der Waals surface area contributed by atoms with Gasteiger partial charge in [0.15, 0.2) is 0 Å². The zero-order valence-electron chi connectivity index (χ0n) is 13.0. The lowest BCUT2D eigenvalue weighted by Crippen LogP contribution is -2.08. The molecule has 0 radical (unpaired) electrons. The third-order valence-corrected chi connectivity index (χ3v) is 4.77. The Morgan fingerprint density at radius 2 is 2.14 bits per heavy atom. The Balaban J connectivity index is 1.72. The summed E-state index contributed by atoms with van der Waals surface area (Å²) in [4.78, 5) is 15.8. The van der Waals surface area contributed by atoms with Gasteiger partial charge in [-0.2, -0.15) is 0 Å². The summed E-state index contributed by atoms with van der Waals surface area (Å²) in [6, 6.07) is 2.22. The molecule has 0 atom stereocenters. The van der Waals surface area contributed by atoms with Crippen LogP contribution in [0.25, 0.3) is 10.2 Å². The zero-order valence-corrected chi connectivity index (χ0v) is 13.9. The first-order valence-corrected chi connectivity index (χ1v) is 8.60. The van der Waals surface area contributed by atoms with Crippen LogP contribution in [-0.4, -0.2) is 26.1 Å². The lowest BCUT2D eigenvalue weighted by atomic mass is 10.3. The molecule has 0 spiro atoms. The first kappa shape index (κ1) is 15.0. The average molecular weight is 315 g/mol. The van der Waals surface area contributed by atoms with Gasteiger partial charge in [-0.05, 0) is 18.9 Å². The number of rotatable bonds is 7. The van der Waals surface area contributed by atoms with Crippen LogP contribution >= 0.6 is 11.3 Å². The second-order valence-corrected chi connectivity index (χ2v) is 6.32. The largest absolute Gasteiger partial charge is 0.369 e. The second-order valence-electron chi connectivity index (χ2n) is 5.21. The third kappa shape index (κ3) is 3.27. The maximum Gasteiger partial charge on any atom is 0.138 e. The van der Waals surface area contributed by atoms with Crippen molar-refractivity contribution in [2.75, 3.05) is 11.9 Å². The van der Waals surface area contributed by atoms with Gasteiger partial charge in [0.2, 0.25) is 0 Å². The molecule has 0 saturated heterocycles. The summed E-state index contributed by atoms with van der Waals surface area (Å²) in [7, 11) is 0. The number of hydrogen-bond acceptors (Lipinski definition) is 5. The SMILES string of the molecule is CCc1nc(NCCCn2ccnc2)c2cc(CC)sc2n1. The summed E-state index contributed by atoms with van der Waals surface area (Å²) in [6.07, 6.45) is 8.59. The highest BCUT2D eigenvalue weighted by molar-refractivity contribution is 7.18. The standard InChI is InChI=1S/C16H21N5S/c1-3-12-10-13-15(19-14(4-2)20-16(13)22-12)18-6-5-8-21-9-7-17-11-21/h7,9-11H,3-6,8H2,1-2H3,(H,18,19,20). The molecule has 0 aromatic carbocycles. The molecule has 0 fully saturated rings. The van der Waals surface area contributed by atoms with Crippen LogP contribution in [0.5, 0.6) is 0 Å². The molecule has 0 aliphatic carbocycles. The van der Waals surface area contributed by atoms with Crippen LogP contribution < -0.4 is 5.32 Å². The van der Waals surface area contributed by atoms with Crippen molar-refractivity contribution in [3.8, 4) is 0 Å². The normalized spacial score (nSPS) is 11.2. The summed E-state index contributed by atoms with van der Waals surface area (Å²) in [5.74, 6) is 1.89. The van der Waals surface area contributed by atoms with Crippen LogP contribution in [0.4, 0.5) is 5.82 Å². The lowest BCUT2D eigenvalue weighted by molar-refractivity contribution is 0.660. The highest BCUT2D eigenvalue weighted by Crippen LogP contribution is 2.29. The minimum atomic E-state index is 0.860. The van der Waals surface area contributed by atoms with Crippen LogP contribution in [0.3, 0.4) is 0 Å². The fourth-order valence-corrected chi connectivity index (χ4v) is 3.36. The van der Waals surface area contributed by atoms with E-state index in [0.29, 0.717) is 0 Å². The van der Waals surface area contributed by atoms with E-state index in [1.54, 1.807) is 11.3 Å². The molecule has 1 N–H and O–H groups in total. The van der Waals surface area contributed by atoms with Crippen molar-refractivity contribution < 1.29 is 0 Å². The van der Waals surface area contributed by atoms with Crippen molar-refractivity contribution in [2.45, 2.75) is 39.7 Å². The van der Waals surface area contributed by atoms with Crippen molar-refractivity contribution in [2.24, 2.45) is 0 Å². The van der Waals surface area contributed by atoms with Crippen molar-refractivity contribution in [1.82, 2.24) is 19.5 Å². The van der Waals surface area contributed by atoms with Crippen LogP contribution in [0.2, 0.25) is 0 Å². The van der Waals surface area contributed by atoms with Gasteiger partial charge in [-0.1, -0.05) is 13.8 Å². The number of aryl methyl sites for hydroxylation is 3. The molecule has 0 aliphatic heterocycles. The van der Waals surface area contributed by atoms with Gasteiger partial charge in [0.25, 0.3) is 0 Å². The minimum Gasteiger partial charge on any atom is -0.369 e. The summed E-state index contributed by atoms with van der Waals surface area (Å²) in [5.41, 5.74) is 0. The molecule has 0 aliphatic rings. The van der Waals surface area contributed by atoms with E-state index >= 15 is 0 Å². The van der Waals surface area contributed by atoms with Crippen molar-refractivity contribution >= 4 is 27.4 Å². The molecule has 3 rings (SSSR count). The highest BCUT2D eigenvalue weighted by atomic mass is 32.1. The summed E-state index contributed by atoms with van der Waals surface area (Å²) < 4.78 is 2.09. The molecule has 3 aromatic heterocycles. The Morgan fingerprint density at radius 3 is 2.86 bits per heavy atom. The van der Waals surface area contributed by atoms with Gasteiger partial charge in [0, 0.05) is 36.8 Å². The molecular weight excluding hydrogens is 294 g/mol. The maximum atomic E-state index is 4.67. The van der Waals surface area contributed by atoms with E-state index in [9.17, 15) is 0 Å². The number of aromatic nitrogens is 4. The van der Waals surface area contributed by atoms with Crippen molar-refractivity contribution in [1.29, 1.82) is 0 Å². The number of nitrogens with one attached hydrogen (secondary N) is 1. The van der Waals surface area contributed by atoms with Crippen LogP contribution in [0.15, 0.2) is 24.8 Å². The van der Waals surface area contributed by atoms with Crippen LogP contribution in [0.1, 0.15) is 31.0 Å². The number of nitrogens with zero attached hydrogens (tertiary/aromatic N) is 4. The Labute approximate surface area is 134 Å². The van der Waals surface area contributed by atoms with Gasteiger partial charge in [0.1, 0.15) is 16.5 Å². The van der Waals surface area contributed by atoms with Crippen molar-refractivity contribution in [3.05, 3.63) is 35.5 Å². The average Bonchev–Trinajstić information content (AvgIpc) is 3.19. The zero-order chi connectivity index (χ0) is 15.4. The van der Waals surface area contributed by atoms with Crippen molar-refractivity contribution in [3.63, 3.8) is 0 Å². The molecule has 0 unspecified atom stereocenters. The predicted octanol–water partition coefficient (Wildman–Crippen LogP) is 3.51. The quantitative estimate of drug-likeness (QED) is 0.678. The number of thiophene rings is 1. The summed E-state index contributed by atoms with van der Waals surface area (Å²) in [6.45, 7) is 6.13. The summed E-state index contributed by atoms with van der Waals surface area (Å²) >= 11 is 1.77. The highest BCUT2D eigenvalue weighted by Gasteiger charge is 2.10. The molecule has 0 saturated carbocycles. The van der Waals surface area contributed by atoms with Gasteiger partial charge in [-0.15, -0.1) is 11.3 Å². The number of hydrogen-bond donors (Lipinski definition) is 1.